The zero-order valence-corrected chi connectivity index (χ0v) is 17.6. The third-order valence-corrected chi connectivity index (χ3v) is 6.05. The molecule has 31 heavy (non-hydrogen) atoms. The summed E-state index contributed by atoms with van der Waals surface area (Å²) in [7, 11) is 0. The Morgan fingerprint density at radius 3 is 2.10 bits per heavy atom. The summed E-state index contributed by atoms with van der Waals surface area (Å²) in [6.45, 7) is 3.62. The Morgan fingerprint density at radius 1 is 0.871 bits per heavy atom. The number of nitriles is 1. The topological polar surface area (TPSA) is 73.6 Å². The quantitative estimate of drug-likeness (QED) is 0.743. The monoisotopic (exact) mass is 417 g/mol. The molecule has 2 heterocycles. The first-order valence-corrected chi connectivity index (χ1v) is 11.0. The molecule has 2 aromatic rings. The van der Waals surface area contributed by atoms with E-state index in [0.29, 0.717) is 29.8 Å². The van der Waals surface area contributed by atoms with Crippen molar-refractivity contribution in [1.82, 2.24) is 9.80 Å². The van der Waals surface area contributed by atoms with Gasteiger partial charge in [-0.1, -0.05) is 0 Å². The molecule has 0 N–H and O–H groups in total. The van der Waals surface area contributed by atoms with Crippen LogP contribution in [0.1, 0.15) is 52.0 Å². The number of hydrogen-bond acceptors (Lipinski definition) is 4. The summed E-state index contributed by atoms with van der Waals surface area (Å²) in [6, 6.07) is 16.2. The Hall–Kier alpha value is -3.33. The van der Waals surface area contributed by atoms with Gasteiger partial charge in [0.2, 0.25) is 0 Å². The van der Waals surface area contributed by atoms with Crippen LogP contribution in [0.15, 0.2) is 48.5 Å². The van der Waals surface area contributed by atoms with Crippen LogP contribution < -0.4 is 4.74 Å². The molecule has 1 atom stereocenters. The SMILES string of the molecule is N#Cc1ccc(C(=O)N2CCCC(COc3ccc(C(=O)N4CCCC4)cc3)C2)cc1. The van der Waals surface area contributed by atoms with Gasteiger partial charge < -0.3 is 14.5 Å². The molecule has 0 aliphatic carbocycles. The molecule has 2 aliphatic rings. The number of rotatable bonds is 5. The van der Waals surface area contributed by atoms with Gasteiger partial charge in [0.05, 0.1) is 18.2 Å². The molecule has 0 saturated carbocycles. The molecule has 2 aromatic carbocycles. The second kappa shape index (κ2) is 9.65. The highest BCUT2D eigenvalue weighted by Gasteiger charge is 2.25. The Morgan fingerprint density at radius 2 is 1.45 bits per heavy atom. The van der Waals surface area contributed by atoms with Crippen LogP contribution in [-0.4, -0.2) is 54.4 Å². The smallest absolute Gasteiger partial charge is 0.253 e. The molecule has 0 bridgehead atoms. The highest BCUT2D eigenvalue weighted by molar-refractivity contribution is 5.95. The fourth-order valence-electron chi connectivity index (χ4n) is 4.27. The molecule has 160 valence electrons. The summed E-state index contributed by atoms with van der Waals surface area (Å²) >= 11 is 0. The predicted octanol–water partition coefficient (Wildman–Crippen LogP) is 3.73. The zero-order valence-electron chi connectivity index (χ0n) is 17.6. The number of hydrogen-bond donors (Lipinski definition) is 0. The number of ether oxygens (including phenoxy) is 1. The van der Waals surface area contributed by atoms with Gasteiger partial charge in [-0.3, -0.25) is 9.59 Å². The van der Waals surface area contributed by atoms with E-state index in [4.69, 9.17) is 10.00 Å². The first-order chi connectivity index (χ1) is 15.1. The third kappa shape index (κ3) is 5.05. The van der Waals surface area contributed by atoms with Gasteiger partial charge in [-0.25, -0.2) is 0 Å². The molecule has 6 heteroatoms. The lowest BCUT2D eigenvalue weighted by Crippen LogP contribution is -2.41. The van der Waals surface area contributed by atoms with Crippen LogP contribution in [0, 0.1) is 17.2 Å². The Bertz CT molecular complexity index is 957. The van der Waals surface area contributed by atoms with Crippen molar-refractivity contribution in [2.24, 2.45) is 5.92 Å². The summed E-state index contributed by atoms with van der Waals surface area (Å²) in [5.74, 6) is 1.10. The molecule has 0 spiro atoms. The molecule has 0 radical (unpaired) electrons. The van der Waals surface area contributed by atoms with Crippen molar-refractivity contribution in [3.63, 3.8) is 0 Å². The number of piperidine rings is 1. The van der Waals surface area contributed by atoms with Crippen molar-refractivity contribution < 1.29 is 14.3 Å². The first kappa shape index (κ1) is 20.9. The Labute approximate surface area is 183 Å². The van der Waals surface area contributed by atoms with Crippen LogP contribution in [0.2, 0.25) is 0 Å². The molecule has 1 unspecified atom stereocenters. The van der Waals surface area contributed by atoms with Crippen molar-refractivity contribution in [2.45, 2.75) is 25.7 Å². The Balaban J connectivity index is 1.29. The molecule has 0 aromatic heterocycles. The maximum Gasteiger partial charge on any atom is 0.253 e. The van der Waals surface area contributed by atoms with Gasteiger partial charge in [-0.05, 0) is 74.2 Å². The van der Waals surface area contributed by atoms with Crippen molar-refractivity contribution in [1.29, 1.82) is 5.26 Å². The summed E-state index contributed by atoms with van der Waals surface area (Å²) in [6.07, 6.45) is 4.13. The van der Waals surface area contributed by atoms with Crippen LogP contribution in [0.5, 0.6) is 5.75 Å². The lowest BCUT2D eigenvalue weighted by molar-refractivity contribution is 0.0633. The maximum atomic E-state index is 12.8. The van der Waals surface area contributed by atoms with Crippen LogP contribution in [-0.2, 0) is 0 Å². The number of benzene rings is 2. The lowest BCUT2D eigenvalue weighted by Gasteiger charge is -2.32. The van der Waals surface area contributed by atoms with Crippen LogP contribution in [0.4, 0.5) is 0 Å². The van der Waals surface area contributed by atoms with E-state index in [1.165, 1.54) is 0 Å². The standard InChI is InChI=1S/C25H27N3O3/c26-16-19-5-7-21(8-6-19)25(30)28-15-3-4-20(17-28)18-31-23-11-9-22(10-12-23)24(29)27-13-1-2-14-27/h5-12,20H,1-4,13-15,17-18H2. The van der Waals surface area contributed by atoms with E-state index >= 15 is 0 Å². The van der Waals surface area contributed by atoms with E-state index < -0.39 is 0 Å². The van der Waals surface area contributed by atoms with Crippen molar-refractivity contribution >= 4 is 11.8 Å². The largest absolute Gasteiger partial charge is 0.493 e. The highest BCUT2D eigenvalue weighted by Crippen LogP contribution is 2.22. The Kier molecular flexibility index (Phi) is 6.51. The highest BCUT2D eigenvalue weighted by atomic mass is 16.5. The average molecular weight is 418 g/mol. The molecule has 2 aliphatic heterocycles. The normalized spacial score (nSPS) is 18.5. The molecule has 6 nitrogen and oxygen atoms in total. The first-order valence-electron chi connectivity index (χ1n) is 11.0. The van der Waals surface area contributed by atoms with Gasteiger partial charge in [0.1, 0.15) is 5.75 Å². The molecule has 2 amide bonds. The van der Waals surface area contributed by atoms with E-state index in [0.717, 1.165) is 51.1 Å². The average Bonchev–Trinajstić information content (AvgIpc) is 3.37. The van der Waals surface area contributed by atoms with Gasteiger partial charge in [-0.2, -0.15) is 5.26 Å². The number of carbonyl (C=O) groups excluding carboxylic acids is 2. The number of amides is 2. The number of nitrogens with zero attached hydrogens (tertiary/aromatic N) is 3. The van der Waals surface area contributed by atoms with Crippen molar-refractivity contribution in [3.8, 4) is 11.8 Å². The fraction of sp³-hybridized carbons (Fsp3) is 0.400. The van der Waals surface area contributed by atoms with Gasteiger partial charge >= 0.3 is 0 Å². The van der Waals surface area contributed by atoms with Gasteiger partial charge in [0, 0.05) is 43.2 Å². The second-order valence-electron chi connectivity index (χ2n) is 8.28. The molecular weight excluding hydrogens is 390 g/mol. The van der Waals surface area contributed by atoms with E-state index in [1.807, 2.05) is 34.1 Å². The molecule has 2 fully saturated rings. The minimum atomic E-state index is -0.000956. The van der Waals surface area contributed by atoms with E-state index in [9.17, 15) is 9.59 Å². The van der Waals surface area contributed by atoms with Crippen molar-refractivity contribution in [2.75, 3.05) is 32.8 Å². The summed E-state index contributed by atoms with van der Waals surface area (Å²) < 4.78 is 5.97. The molecular formula is C25H27N3O3. The van der Waals surface area contributed by atoms with Gasteiger partial charge in [-0.15, -0.1) is 0 Å². The molecule has 2 saturated heterocycles. The van der Waals surface area contributed by atoms with Crippen LogP contribution in [0.3, 0.4) is 0 Å². The fourth-order valence-corrected chi connectivity index (χ4v) is 4.27. The van der Waals surface area contributed by atoms with Crippen LogP contribution >= 0.6 is 0 Å². The van der Waals surface area contributed by atoms with Gasteiger partial charge in [0.25, 0.3) is 11.8 Å². The minimum Gasteiger partial charge on any atom is -0.493 e. The number of likely N-dealkylation sites (tertiary alicyclic amines) is 2. The van der Waals surface area contributed by atoms with Gasteiger partial charge in [0.15, 0.2) is 0 Å². The molecule has 4 rings (SSSR count). The third-order valence-electron chi connectivity index (χ3n) is 6.05. The van der Waals surface area contributed by atoms with Crippen LogP contribution in [0.25, 0.3) is 0 Å². The zero-order chi connectivity index (χ0) is 21.6. The lowest BCUT2D eigenvalue weighted by atomic mass is 9.98. The summed E-state index contributed by atoms with van der Waals surface area (Å²) in [5.41, 5.74) is 1.86. The maximum absolute atomic E-state index is 12.8. The van der Waals surface area contributed by atoms with Crippen molar-refractivity contribution in [3.05, 3.63) is 65.2 Å². The summed E-state index contributed by atoms with van der Waals surface area (Å²) in [4.78, 5) is 29.0. The van der Waals surface area contributed by atoms with E-state index in [-0.39, 0.29) is 17.7 Å². The second-order valence-corrected chi connectivity index (χ2v) is 8.28. The predicted molar refractivity (Wildman–Crippen MR) is 117 cm³/mol. The van der Waals surface area contributed by atoms with E-state index in [2.05, 4.69) is 6.07 Å². The number of carbonyl (C=O) groups is 2. The van der Waals surface area contributed by atoms with E-state index in [1.54, 1.807) is 24.3 Å². The minimum absolute atomic E-state index is 0.000956. The summed E-state index contributed by atoms with van der Waals surface area (Å²) in [5, 5.41) is 8.92.